The molecule has 1 aromatic rings. The maximum absolute atomic E-state index is 12.7. The monoisotopic (exact) mass is 343 g/mol. The van der Waals surface area contributed by atoms with Crippen molar-refractivity contribution < 1.29 is 14.4 Å². The third kappa shape index (κ3) is 4.00. The molecule has 2 atom stereocenters. The highest BCUT2D eigenvalue weighted by Crippen LogP contribution is 2.33. The summed E-state index contributed by atoms with van der Waals surface area (Å²) in [5, 5.41) is 8.47. The Hall–Kier alpha value is -2.37. The zero-order valence-electron chi connectivity index (χ0n) is 14.7. The Morgan fingerprint density at radius 1 is 1.28 bits per heavy atom. The first kappa shape index (κ1) is 17.5. The van der Waals surface area contributed by atoms with Gasteiger partial charge in [-0.1, -0.05) is 26.0 Å². The van der Waals surface area contributed by atoms with Crippen LogP contribution < -0.4 is 16.0 Å². The number of hydrogen-bond donors (Lipinski definition) is 3. The van der Waals surface area contributed by atoms with Crippen LogP contribution in [0.25, 0.3) is 0 Å². The summed E-state index contributed by atoms with van der Waals surface area (Å²) < 4.78 is 0. The number of benzene rings is 1. The fourth-order valence-corrected chi connectivity index (χ4v) is 3.54. The van der Waals surface area contributed by atoms with E-state index in [1.807, 2.05) is 6.07 Å². The van der Waals surface area contributed by atoms with Gasteiger partial charge in [0.05, 0.1) is 5.92 Å². The summed E-state index contributed by atoms with van der Waals surface area (Å²) in [7, 11) is 0. The van der Waals surface area contributed by atoms with E-state index in [0.29, 0.717) is 18.8 Å². The van der Waals surface area contributed by atoms with Crippen molar-refractivity contribution in [2.75, 3.05) is 11.9 Å². The molecule has 1 unspecified atom stereocenters. The summed E-state index contributed by atoms with van der Waals surface area (Å²) in [6, 6.07) is 5.61. The molecule has 1 fully saturated rings. The van der Waals surface area contributed by atoms with Crippen molar-refractivity contribution in [1.29, 1.82) is 0 Å². The molecule has 6 heteroatoms. The van der Waals surface area contributed by atoms with Crippen LogP contribution in [0.3, 0.4) is 0 Å². The van der Waals surface area contributed by atoms with E-state index in [4.69, 9.17) is 0 Å². The molecule has 25 heavy (non-hydrogen) atoms. The molecule has 0 aromatic heterocycles. The fraction of sp³-hybridized carbons (Fsp3) is 0.526. The first-order valence-electron chi connectivity index (χ1n) is 8.95. The molecule has 2 heterocycles. The summed E-state index contributed by atoms with van der Waals surface area (Å²) >= 11 is 0. The number of rotatable bonds is 4. The van der Waals surface area contributed by atoms with E-state index in [-0.39, 0.29) is 24.2 Å². The molecule has 1 aromatic carbocycles. The quantitative estimate of drug-likeness (QED) is 0.726. The number of anilines is 1. The van der Waals surface area contributed by atoms with E-state index in [1.165, 1.54) is 5.56 Å². The van der Waals surface area contributed by atoms with E-state index < -0.39 is 11.9 Å². The van der Waals surface area contributed by atoms with Gasteiger partial charge in [-0.25, -0.2) is 0 Å². The number of piperidine rings is 1. The second-order valence-corrected chi connectivity index (χ2v) is 7.30. The van der Waals surface area contributed by atoms with Crippen LogP contribution in [-0.2, 0) is 20.8 Å². The third-order valence-electron chi connectivity index (χ3n) is 4.76. The van der Waals surface area contributed by atoms with Gasteiger partial charge in [0.15, 0.2) is 0 Å². The summed E-state index contributed by atoms with van der Waals surface area (Å²) in [6.45, 7) is 5.09. The highest BCUT2D eigenvalue weighted by molar-refractivity contribution is 6.02. The van der Waals surface area contributed by atoms with Gasteiger partial charge in [0.2, 0.25) is 17.7 Å². The van der Waals surface area contributed by atoms with E-state index in [0.717, 1.165) is 24.2 Å². The van der Waals surface area contributed by atoms with Crippen molar-refractivity contribution in [3.8, 4) is 0 Å². The zero-order valence-corrected chi connectivity index (χ0v) is 14.7. The molecule has 1 saturated heterocycles. The van der Waals surface area contributed by atoms with Gasteiger partial charge in [-0.05, 0) is 42.4 Å². The minimum Gasteiger partial charge on any atom is -0.385 e. The molecule has 2 aliphatic heterocycles. The van der Waals surface area contributed by atoms with Gasteiger partial charge in [0, 0.05) is 18.7 Å². The second-order valence-electron chi connectivity index (χ2n) is 7.30. The van der Waals surface area contributed by atoms with Gasteiger partial charge in [-0.2, -0.15) is 0 Å². The molecule has 3 amide bonds. The van der Waals surface area contributed by atoms with Gasteiger partial charge in [-0.3, -0.25) is 19.7 Å². The summed E-state index contributed by atoms with van der Waals surface area (Å²) in [6.07, 6.45) is 2.32. The molecule has 0 saturated carbocycles. The van der Waals surface area contributed by atoms with Crippen molar-refractivity contribution in [2.45, 2.75) is 51.5 Å². The average Bonchev–Trinajstić information content (AvgIpc) is 2.56. The van der Waals surface area contributed by atoms with Crippen molar-refractivity contribution in [3.05, 3.63) is 29.3 Å². The van der Waals surface area contributed by atoms with E-state index in [1.54, 1.807) is 0 Å². The number of amides is 3. The first-order valence-corrected chi connectivity index (χ1v) is 8.95. The summed E-state index contributed by atoms with van der Waals surface area (Å²) in [5.41, 5.74) is 3.24. The maximum Gasteiger partial charge on any atom is 0.249 e. The Morgan fingerprint density at radius 3 is 2.80 bits per heavy atom. The molecule has 134 valence electrons. The smallest absolute Gasteiger partial charge is 0.249 e. The number of carbonyl (C=O) groups is 3. The van der Waals surface area contributed by atoms with Gasteiger partial charge in [0.1, 0.15) is 6.04 Å². The molecule has 3 rings (SSSR count). The van der Waals surface area contributed by atoms with E-state index in [2.05, 4.69) is 41.9 Å². The predicted octanol–water partition coefficient (Wildman–Crippen LogP) is 1.71. The fourth-order valence-electron chi connectivity index (χ4n) is 3.54. The number of carbonyl (C=O) groups excluding carboxylic acids is 3. The molecule has 0 bridgehead atoms. The third-order valence-corrected chi connectivity index (χ3v) is 4.76. The molecule has 2 aliphatic rings. The van der Waals surface area contributed by atoms with Crippen LogP contribution in [0, 0.1) is 5.92 Å². The largest absolute Gasteiger partial charge is 0.385 e. The van der Waals surface area contributed by atoms with E-state index in [9.17, 15) is 14.4 Å². The van der Waals surface area contributed by atoms with E-state index >= 15 is 0 Å². The SMILES string of the molecule is CC(C)Cc1ccc2c(c1)NCCC2C(=O)N[C@H]1CCC(=O)NC1=O. The van der Waals surface area contributed by atoms with Crippen LogP contribution in [-0.4, -0.2) is 30.3 Å². The van der Waals surface area contributed by atoms with Crippen LogP contribution >= 0.6 is 0 Å². The summed E-state index contributed by atoms with van der Waals surface area (Å²) in [5.74, 6) is -0.525. The van der Waals surface area contributed by atoms with Crippen molar-refractivity contribution in [3.63, 3.8) is 0 Å². The lowest BCUT2D eigenvalue weighted by Gasteiger charge is -2.29. The second kappa shape index (κ2) is 7.25. The maximum atomic E-state index is 12.7. The standard InChI is InChI=1S/C19H25N3O3/c1-11(2)9-12-3-4-13-14(7-8-20-16(13)10-12)18(24)21-15-5-6-17(23)22-19(15)25/h3-4,10-11,14-15,20H,5-9H2,1-2H3,(H,21,24)(H,22,23,25)/t14?,15-/m0/s1. The average molecular weight is 343 g/mol. The van der Waals surface area contributed by atoms with Crippen LogP contribution in [0.1, 0.15) is 50.2 Å². The lowest BCUT2D eigenvalue weighted by molar-refractivity contribution is -0.137. The highest BCUT2D eigenvalue weighted by Gasteiger charge is 2.32. The Balaban J connectivity index is 1.72. The van der Waals surface area contributed by atoms with Gasteiger partial charge in [0.25, 0.3) is 0 Å². The molecule has 6 nitrogen and oxygen atoms in total. The molecular formula is C19H25N3O3. The minimum atomic E-state index is -0.622. The Kier molecular flexibility index (Phi) is 5.06. The number of nitrogens with one attached hydrogen (secondary N) is 3. The number of hydrogen-bond acceptors (Lipinski definition) is 4. The van der Waals surface area contributed by atoms with Crippen molar-refractivity contribution in [2.24, 2.45) is 5.92 Å². The predicted molar refractivity (Wildman–Crippen MR) is 95.1 cm³/mol. The van der Waals surface area contributed by atoms with Gasteiger partial charge >= 0.3 is 0 Å². The molecule has 3 N–H and O–H groups in total. The molecule has 0 radical (unpaired) electrons. The Labute approximate surface area is 147 Å². The topological polar surface area (TPSA) is 87.3 Å². The van der Waals surface area contributed by atoms with Crippen molar-refractivity contribution >= 4 is 23.4 Å². The molecular weight excluding hydrogens is 318 g/mol. The zero-order chi connectivity index (χ0) is 18.0. The van der Waals surface area contributed by atoms with Crippen LogP contribution in [0.15, 0.2) is 18.2 Å². The van der Waals surface area contributed by atoms with Crippen LogP contribution in [0.4, 0.5) is 5.69 Å². The number of imide groups is 1. The van der Waals surface area contributed by atoms with Gasteiger partial charge in [-0.15, -0.1) is 0 Å². The summed E-state index contributed by atoms with van der Waals surface area (Å²) in [4.78, 5) is 35.8. The lowest BCUT2D eigenvalue weighted by atomic mass is 9.88. The number of fused-ring (bicyclic) bond motifs is 1. The van der Waals surface area contributed by atoms with Crippen LogP contribution in [0.5, 0.6) is 0 Å². The van der Waals surface area contributed by atoms with Gasteiger partial charge < -0.3 is 10.6 Å². The molecule has 0 aliphatic carbocycles. The van der Waals surface area contributed by atoms with Crippen LogP contribution in [0.2, 0.25) is 0 Å². The lowest BCUT2D eigenvalue weighted by Crippen LogP contribution is -2.53. The normalized spacial score (nSPS) is 22.8. The minimum absolute atomic E-state index is 0.145. The Bertz CT molecular complexity index is 699. The van der Waals surface area contributed by atoms with Crippen molar-refractivity contribution in [1.82, 2.24) is 10.6 Å². The molecule has 0 spiro atoms. The first-order chi connectivity index (χ1) is 11.9. The Morgan fingerprint density at radius 2 is 2.08 bits per heavy atom. The highest BCUT2D eigenvalue weighted by atomic mass is 16.2.